The molecule has 334 valence electrons. The van der Waals surface area contributed by atoms with Gasteiger partial charge in [-0.2, -0.15) is 15.0 Å². The zero-order valence-corrected chi connectivity index (χ0v) is 36.8. The molecule has 20 heteroatoms. The fourth-order valence-corrected chi connectivity index (χ4v) is 7.32. The summed E-state index contributed by atoms with van der Waals surface area (Å²) in [6.07, 6.45) is 0.364. The Balaban J connectivity index is 0.998. The number of esters is 1. The molecular weight excluding hydrogens is 833 g/mol. The molecule has 0 spiro atoms. The van der Waals surface area contributed by atoms with Crippen LogP contribution in [0.15, 0.2) is 77.4 Å². The molecule has 0 unspecified atom stereocenters. The topological polar surface area (TPSA) is 230 Å². The molecule has 4 N–H and O–H groups in total. The van der Waals surface area contributed by atoms with Crippen molar-refractivity contribution in [3.05, 3.63) is 94.8 Å². The van der Waals surface area contributed by atoms with Gasteiger partial charge >= 0.3 is 18.2 Å². The van der Waals surface area contributed by atoms with E-state index in [1.54, 1.807) is 31.9 Å². The van der Waals surface area contributed by atoms with Crippen LogP contribution in [0.4, 0.5) is 14.7 Å². The summed E-state index contributed by atoms with van der Waals surface area (Å²) in [5, 5.41) is 26.0. The number of rotatable bonds is 16. The second kappa shape index (κ2) is 18.5. The highest BCUT2D eigenvalue weighted by Crippen LogP contribution is 2.43. The molecular formula is C43H52N10O9S. The first kappa shape index (κ1) is 44.6. The summed E-state index contributed by atoms with van der Waals surface area (Å²) in [6.45, 7) is 13.1. The Bertz CT molecular complexity index is 2270. The summed E-state index contributed by atoms with van der Waals surface area (Å²) in [6, 6.07) is 17.0. The predicted molar refractivity (Wildman–Crippen MR) is 229 cm³/mol. The van der Waals surface area contributed by atoms with E-state index in [4.69, 9.17) is 19.0 Å². The van der Waals surface area contributed by atoms with Gasteiger partial charge in [-0.05, 0) is 52.7 Å². The van der Waals surface area contributed by atoms with E-state index in [0.29, 0.717) is 31.9 Å². The molecule has 2 saturated heterocycles. The summed E-state index contributed by atoms with van der Waals surface area (Å²) < 4.78 is 16.8. The largest absolute Gasteiger partial charge is 0.450 e. The van der Waals surface area contributed by atoms with E-state index < -0.39 is 58.9 Å². The van der Waals surface area contributed by atoms with Crippen LogP contribution in [-0.2, 0) is 46.5 Å². The zero-order valence-electron chi connectivity index (χ0n) is 36.0. The van der Waals surface area contributed by atoms with Gasteiger partial charge < -0.3 is 39.9 Å². The molecule has 1 aliphatic carbocycles. The Labute approximate surface area is 368 Å². The maximum atomic E-state index is 14.0. The molecule has 0 radical (unpaired) electrons. The van der Waals surface area contributed by atoms with E-state index in [0.717, 1.165) is 22.5 Å². The van der Waals surface area contributed by atoms with Gasteiger partial charge in [0.2, 0.25) is 11.5 Å². The maximum absolute atomic E-state index is 14.0. The van der Waals surface area contributed by atoms with Gasteiger partial charge in [0.05, 0.1) is 24.5 Å². The van der Waals surface area contributed by atoms with E-state index in [-0.39, 0.29) is 47.9 Å². The fraction of sp³-hybridized carbons (Fsp3) is 0.465. The second-order valence-electron chi connectivity index (χ2n) is 17.6. The number of ether oxygens (including phenoxy) is 3. The number of hydrogen-bond acceptors (Lipinski definition) is 15. The number of nitrogens with one attached hydrogen (secondary N) is 4. The molecule has 2 aliphatic heterocycles. The Kier molecular flexibility index (Phi) is 13.1. The van der Waals surface area contributed by atoms with Crippen LogP contribution in [0.5, 0.6) is 0 Å². The summed E-state index contributed by atoms with van der Waals surface area (Å²) in [4.78, 5) is 78.9. The molecule has 2 atom stereocenters. The standard InChI is InChI=1S/C43H52N10O9S/c1-41(2,3)60-39(57)49-38-47-31(25-63-38)33(51-62-43(17-18-43)37(56)59-34(27-13-9-7-10-14-27)28-15-11-8-12-16-28)36(55)48-32-30(46-35(32)54)24-53-45-21-29(50-53)20-44-19-26-22-52(23-26)40(58)61-42(4,5)6/h7-16,21,25-26,30,32,34,44H,17-20,22-24H2,1-6H3,(H,46,54)(H,48,55)(H,47,49,57)/t30-,32+/m1/s1. The number of hydrogen-bond donors (Lipinski definition) is 4. The molecule has 2 aromatic heterocycles. The van der Waals surface area contributed by atoms with Crippen molar-refractivity contribution in [1.82, 2.24) is 40.8 Å². The normalized spacial score (nSPS) is 18.4. The highest BCUT2D eigenvalue weighted by molar-refractivity contribution is 7.14. The molecule has 3 fully saturated rings. The van der Waals surface area contributed by atoms with Gasteiger partial charge in [0.1, 0.15) is 22.9 Å². The van der Waals surface area contributed by atoms with E-state index in [2.05, 4.69) is 41.6 Å². The molecule has 7 rings (SSSR count). The van der Waals surface area contributed by atoms with Crippen molar-refractivity contribution in [2.24, 2.45) is 11.1 Å². The first-order valence-corrected chi connectivity index (χ1v) is 21.5. The van der Waals surface area contributed by atoms with Gasteiger partial charge in [-0.25, -0.2) is 19.4 Å². The SMILES string of the molecule is CC(C)(C)OC(=O)Nc1nc(C(=NOC2(C(=O)OC(c3ccccc3)c3ccccc3)CC2)C(=O)N[C@@H]2C(=O)N[C@@H]2Cn2ncc(CNCC3CN(C(=O)OC(C)(C)C)C3)n2)cs1. The average Bonchev–Trinajstić information content (AvgIpc) is 3.64. The number of aromatic nitrogens is 4. The number of β-lactam (4-membered cyclic amide) rings is 1. The van der Waals surface area contributed by atoms with Gasteiger partial charge in [0.25, 0.3) is 5.91 Å². The van der Waals surface area contributed by atoms with Crippen molar-refractivity contribution in [3.63, 3.8) is 0 Å². The third-order valence-electron chi connectivity index (χ3n) is 9.98. The minimum Gasteiger partial charge on any atom is -0.450 e. The molecule has 63 heavy (non-hydrogen) atoms. The van der Waals surface area contributed by atoms with Crippen molar-refractivity contribution < 1.29 is 43.0 Å². The highest BCUT2D eigenvalue weighted by Gasteiger charge is 2.56. The van der Waals surface area contributed by atoms with E-state index >= 15 is 0 Å². The number of anilines is 1. The van der Waals surface area contributed by atoms with Gasteiger partial charge in [0, 0.05) is 50.3 Å². The number of benzene rings is 2. The molecule has 4 heterocycles. The van der Waals surface area contributed by atoms with Crippen LogP contribution in [0, 0.1) is 5.92 Å². The number of amides is 4. The smallest absolute Gasteiger partial charge is 0.413 e. The predicted octanol–water partition coefficient (Wildman–Crippen LogP) is 4.31. The lowest BCUT2D eigenvalue weighted by Gasteiger charge is -2.39. The van der Waals surface area contributed by atoms with Gasteiger partial charge in [-0.3, -0.25) is 14.9 Å². The van der Waals surface area contributed by atoms with E-state index in [1.165, 1.54) is 10.2 Å². The summed E-state index contributed by atoms with van der Waals surface area (Å²) >= 11 is 1.01. The van der Waals surface area contributed by atoms with Gasteiger partial charge in [-0.1, -0.05) is 65.8 Å². The first-order chi connectivity index (χ1) is 29.9. The van der Waals surface area contributed by atoms with E-state index in [9.17, 15) is 24.0 Å². The first-order valence-electron chi connectivity index (χ1n) is 20.7. The van der Waals surface area contributed by atoms with Crippen LogP contribution in [0.1, 0.15) is 83.0 Å². The van der Waals surface area contributed by atoms with Crippen LogP contribution in [-0.4, -0.2) is 109 Å². The lowest BCUT2D eigenvalue weighted by molar-refractivity contribution is -0.164. The molecule has 0 bridgehead atoms. The summed E-state index contributed by atoms with van der Waals surface area (Å²) in [5.74, 6) is -1.64. The van der Waals surface area contributed by atoms with Gasteiger partial charge in [-0.15, -0.1) is 11.3 Å². The van der Waals surface area contributed by atoms with Crippen LogP contribution < -0.4 is 21.3 Å². The number of carbonyl (C=O) groups is 5. The molecule has 19 nitrogen and oxygen atoms in total. The Morgan fingerprint density at radius 2 is 1.60 bits per heavy atom. The molecule has 4 aromatic rings. The Morgan fingerprint density at radius 1 is 0.952 bits per heavy atom. The highest BCUT2D eigenvalue weighted by atomic mass is 32.1. The monoisotopic (exact) mass is 884 g/mol. The van der Waals surface area contributed by atoms with Gasteiger partial charge in [0.15, 0.2) is 16.9 Å². The zero-order chi connectivity index (χ0) is 44.9. The Hall–Kier alpha value is -6.41. The Morgan fingerprint density at radius 3 is 2.21 bits per heavy atom. The van der Waals surface area contributed by atoms with Crippen LogP contribution in [0.25, 0.3) is 0 Å². The van der Waals surface area contributed by atoms with Crippen molar-refractivity contribution in [2.45, 2.75) is 102 Å². The molecule has 1 saturated carbocycles. The van der Waals surface area contributed by atoms with Crippen molar-refractivity contribution in [1.29, 1.82) is 0 Å². The maximum Gasteiger partial charge on any atom is 0.413 e. The quantitative estimate of drug-likeness (QED) is 0.0405. The molecule has 4 amide bonds. The number of carbonyl (C=O) groups excluding carboxylic acids is 5. The third kappa shape index (κ3) is 11.7. The lowest BCUT2D eigenvalue weighted by atomic mass is 9.98. The van der Waals surface area contributed by atoms with Crippen molar-refractivity contribution in [2.75, 3.05) is 25.0 Å². The number of thiazole rings is 1. The second-order valence-corrected chi connectivity index (χ2v) is 18.5. The lowest BCUT2D eigenvalue weighted by Crippen LogP contribution is -2.70. The van der Waals surface area contributed by atoms with Crippen molar-refractivity contribution >= 4 is 52.2 Å². The molecule has 2 aromatic carbocycles. The minimum absolute atomic E-state index is 0.0146. The summed E-state index contributed by atoms with van der Waals surface area (Å²) in [7, 11) is 0. The van der Waals surface area contributed by atoms with Crippen LogP contribution in [0.3, 0.4) is 0 Å². The van der Waals surface area contributed by atoms with Crippen LogP contribution in [0.2, 0.25) is 0 Å². The van der Waals surface area contributed by atoms with Crippen LogP contribution >= 0.6 is 11.3 Å². The molecule has 3 aliphatic rings. The minimum atomic E-state index is -1.48. The van der Waals surface area contributed by atoms with Crippen molar-refractivity contribution in [3.8, 4) is 0 Å². The number of oxime groups is 1. The van der Waals surface area contributed by atoms with E-state index in [1.807, 2.05) is 81.4 Å². The third-order valence-corrected chi connectivity index (χ3v) is 10.7. The number of likely N-dealkylation sites (tertiary alicyclic amines) is 1. The fourth-order valence-electron chi connectivity index (χ4n) is 6.64. The number of nitrogens with zero attached hydrogens (tertiary/aromatic N) is 6. The average molecular weight is 885 g/mol. The summed E-state index contributed by atoms with van der Waals surface area (Å²) in [5.41, 5.74) is -0.933.